The Morgan fingerprint density at radius 2 is 2.17 bits per heavy atom. The van der Waals surface area contributed by atoms with E-state index in [1.54, 1.807) is 11.1 Å². The Morgan fingerprint density at radius 3 is 2.89 bits per heavy atom. The molecule has 0 aromatic rings. The molecule has 3 rings (SSSR count). The fourth-order valence-electron chi connectivity index (χ4n) is 4.09. The van der Waals surface area contributed by atoms with E-state index in [2.05, 4.69) is 24.3 Å². The van der Waals surface area contributed by atoms with Crippen LogP contribution in [0, 0.1) is 11.3 Å². The summed E-state index contributed by atoms with van der Waals surface area (Å²) >= 11 is 0. The minimum absolute atomic E-state index is 0. The van der Waals surface area contributed by atoms with E-state index in [0.717, 1.165) is 31.5 Å². The molecule has 3 nitrogen and oxygen atoms in total. The molecule has 18 heavy (non-hydrogen) atoms. The second-order valence-corrected chi connectivity index (χ2v) is 6.15. The van der Waals surface area contributed by atoms with Crippen molar-refractivity contribution in [3.63, 3.8) is 0 Å². The van der Waals surface area contributed by atoms with Crippen molar-refractivity contribution in [2.24, 2.45) is 16.5 Å². The number of oxime groups is 1. The van der Waals surface area contributed by atoms with Gasteiger partial charge in [-0.15, -0.1) is 12.4 Å². The summed E-state index contributed by atoms with van der Waals surface area (Å²) in [5.41, 5.74) is 4.56. The second-order valence-electron chi connectivity index (χ2n) is 6.15. The maximum atomic E-state index is 9.01. The van der Waals surface area contributed by atoms with E-state index in [-0.39, 0.29) is 12.4 Å². The van der Waals surface area contributed by atoms with Gasteiger partial charge < -0.3 is 10.5 Å². The van der Waals surface area contributed by atoms with Crippen LogP contribution in [0.1, 0.15) is 46.0 Å². The molecule has 2 N–H and O–H groups in total. The Hall–Kier alpha value is -0.540. The number of nitrogens with one attached hydrogen (secondary N) is 1. The molecular formula is C14H23ClN2O. The summed E-state index contributed by atoms with van der Waals surface area (Å²) in [6.07, 6.45) is 5.41. The molecule has 0 aromatic carbocycles. The lowest BCUT2D eigenvalue weighted by Crippen LogP contribution is -2.54. The Kier molecular flexibility index (Phi) is 3.75. The van der Waals surface area contributed by atoms with Crippen LogP contribution in [0.5, 0.6) is 0 Å². The minimum atomic E-state index is 0. The average Bonchev–Trinajstić information content (AvgIpc) is 2.33. The molecule has 0 unspecified atom stereocenters. The van der Waals surface area contributed by atoms with E-state index in [0.29, 0.717) is 17.4 Å². The van der Waals surface area contributed by atoms with Gasteiger partial charge in [-0.2, -0.15) is 0 Å². The first-order chi connectivity index (χ1) is 8.15. The van der Waals surface area contributed by atoms with E-state index >= 15 is 0 Å². The summed E-state index contributed by atoms with van der Waals surface area (Å²) in [5.74, 6) is 0.702. The largest absolute Gasteiger partial charge is 0.411 e. The molecular weight excluding hydrogens is 248 g/mol. The van der Waals surface area contributed by atoms with Crippen LogP contribution in [0.15, 0.2) is 16.3 Å². The number of allylic oxidation sites excluding steroid dienone is 1. The van der Waals surface area contributed by atoms with Crippen LogP contribution in [0.2, 0.25) is 0 Å². The molecule has 1 fully saturated rings. The lowest BCUT2D eigenvalue weighted by molar-refractivity contribution is 0.115. The third-order valence-corrected chi connectivity index (χ3v) is 5.48. The number of fused-ring (bicyclic) bond motifs is 3. The van der Waals surface area contributed by atoms with Crippen LogP contribution in [-0.4, -0.2) is 23.5 Å². The van der Waals surface area contributed by atoms with Gasteiger partial charge in [0.15, 0.2) is 0 Å². The zero-order valence-corrected chi connectivity index (χ0v) is 12.0. The molecule has 4 heteroatoms. The Bertz CT molecular complexity index is 405. The van der Waals surface area contributed by atoms with Crippen molar-refractivity contribution in [2.45, 2.75) is 52.0 Å². The van der Waals surface area contributed by atoms with Crippen LogP contribution in [0.3, 0.4) is 0 Å². The molecule has 3 aliphatic rings. The quantitative estimate of drug-likeness (QED) is 0.404. The molecule has 1 aliphatic heterocycles. The molecule has 2 bridgehead atoms. The number of nitrogens with zero attached hydrogens (tertiary/aromatic N) is 1. The van der Waals surface area contributed by atoms with Gasteiger partial charge in [-0.05, 0) is 43.6 Å². The Morgan fingerprint density at radius 1 is 1.39 bits per heavy atom. The van der Waals surface area contributed by atoms with Gasteiger partial charge in [-0.3, -0.25) is 0 Å². The average molecular weight is 271 g/mol. The zero-order chi connectivity index (χ0) is 12.0. The first kappa shape index (κ1) is 13.9. The van der Waals surface area contributed by atoms with Crippen molar-refractivity contribution in [1.29, 1.82) is 0 Å². The van der Waals surface area contributed by atoms with Crippen molar-refractivity contribution < 1.29 is 5.21 Å². The number of rotatable bonds is 0. The summed E-state index contributed by atoms with van der Waals surface area (Å²) in [7, 11) is 0. The van der Waals surface area contributed by atoms with Crippen LogP contribution in [0.4, 0.5) is 0 Å². The van der Waals surface area contributed by atoms with Crippen molar-refractivity contribution >= 4 is 18.1 Å². The van der Waals surface area contributed by atoms with Gasteiger partial charge in [0, 0.05) is 12.5 Å². The number of piperidine rings is 1. The first-order valence-electron chi connectivity index (χ1n) is 6.79. The highest BCUT2D eigenvalue weighted by Crippen LogP contribution is 2.52. The fraction of sp³-hybridized carbons (Fsp3) is 0.786. The summed E-state index contributed by atoms with van der Waals surface area (Å²) < 4.78 is 0. The maximum absolute atomic E-state index is 9.01. The summed E-state index contributed by atoms with van der Waals surface area (Å²) in [4.78, 5) is 0. The number of hydrogen-bond acceptors (Lipinski definition) is 3. The van der Waals surface area contributed by atoms with Crippen molar-refractivity contribution in [3.8, 4) is 0 Å². The molecule has 1 saturated heterocycles. The van der Waals surface area contributed by atoms with E-state index in [1.807, 2.05) is 0 Å². The summed E-state index contributed by atoms with van der Waals surface area (Å²) in [5, 5.41) is 16.1. The van der Waals surface area contributed by atoms with Gasteiger partial charge in [0.1, 0.15) is 0 Å². The highest BCUT2D eigenvalue weighted by Gasteiger charge is 2.47. The smallest absolute Gasteiger partial charge is 0.0614 e. The predicted molar refractivity (Wildman–Crippen MR) is 75.6 cm³/mol. The Labute approximate surface area is 115 Å². The van der Waals surface area contributed by atoms with Gasteiger partial charge >= 0.3 is 0 Å². The third kappa shape index (κ3) is 1.88. The molecule has 0 saturated carbocycles. The van der Waals surface area contributed by atoms with E-state index in [9.17, 15) is 0 Å². The van der Waals surface area contributed by atoms with Crippen molar-refractivity contribution in [3.05, 3.63) is 11.1 Å². The molecule has 0 spiro atoms. The highest BCUT2D eigenvalue weighted by atomic mass is 35.5. The van der Waals surface area contributed by atoms with E-state index in [4.69, 9.17) is 5.21 Å². The molecule has 102 valence electrons. The van der Waals surface area contributed by atoms with Crippen molar-refractivity contribution in [2.75, 3.05) is 6.54 Å². The normalized spacial score (nSPS) is 41.3. The van der Waals surface area contributed by atoms with Gasteiger partial charge in [-0.1, -0.05) is 30.1 Å². The Balaban J connectivity index is 0.00000120. The number of hydrogen-bond donors (Lipinski definition) is 2. The second kappa shape index (κ2) is 4.86. The first-order valence-corrected chi connectivity index (χ1v) is 6.79. The fourth-order valence-corrected chi connectivity index (χ4v) is 4.09. The summed E-state index contributed by atoms with van der Waals surface area (Å²) in [6.45, 7) is 5.93. The molecule has 0 aromatic heterocycles. The van der Waals surface area contributed by atoms with Crippen molar-refractivity contribution in [1.82, 2.24) is 5.32 Å². The zero-order valence-electron chi connectivity index (χ0n) is 11.2. The topological polar surface area (TPSA) is 44.6 Å². The lowest BCUT2D eigenvalue weighted by atomic mass is 9.57. The standard InChI is InChI=1S/C14H22N2O.ClH/c1-9-13-7-10-3-4-11(16-17)8-12(10)14(9,2)5-6-15-13;/h9,13,15,17H,3-8H2,1-2H3;1H/t9-,13-,14-;/m1./s1. The van der Waals surface area contributed by atoms with Gasteiger partial charge in [0.2, 0.25) is 0 Å². The predicted octanol–water partition coefficient (Wildman–Crippen LogP) is 3.13. The maximum Gasteiger partial charge on any atom is 0.0614 e. The SMILES string of the molecule is C[C@@H]1[C@H]2CC3=C(CC(=NO)CC3)[C@]1(C)CCN2.Cl. The van der Waals surface area contributed by atoms with Crippen LogP contribution >= 0.6 is 12.4 Å². The molecule has 0 radical (unpaired) electrons. The van der Waals surface area contributed by atoms with Gasteiger partial charge in [-0.25, -0.2) is 0 Å². The number of halogens is 1. The monoisotopic (exact) mass is 270 g/mol. The van der Waals surface area contributed by atoms with Gasteiger partial charge in [0.05, 0.1) is 5.71 Å². The highest BCUT2D eigenvalue weighted by molar-refractivity contribution is 5.88. The van der Waals surface area contributed by atoms with Crippen LogP contribution < -0.4 is 5.32 Å². The molecule has 0 amide bonds. The molecule has 2 aliphatic carbocycles. The van der Waals surface area contributed by atoms with Crippen LogP contribution in [-0.2, 0) is 0 Å². The molecule has 1 heterocycles. The van der Waals surface area contributed by atoms with E-state index in [1.165, 1.54) is 12.8 Å². The van der Waals surface area contributed by atoms with Gasteiger partial charge in [0.25, 0.3) is 0 Å². The van der Waals surface area contributed by atoms with E-state index < -0.39 is 0 Å². The lowest BCUT2D eigenvalue weighted by Gasteiger charge is -2.52. The molecule has 3 atom stereocenters. The minimum Gasteiger partial charge on any atom is -0.411 e. The third-order valence-electron chi connectivity index (χ3n) is 5.48. The van der Waals surface area contributed by atoms with Crippen LogP contribution in [0.25, 0.3) is 0 Å². The summed E-state index contributed by atoms with van der Waals surface area (Å²) in [6, 6.07) is 0.667.